The summed E-state index contributed by atoms with van der Waals surface area (Å²) in [6.07, 6.45) is 0. The normalized spacial score (nSPS) is 19.5. The van der Waals surface area contributed by atoms with Crippen LogP contribution in [-0.2, 0) is 10.0 Å². The fraction of sp³-hybridized carbons (Fsp3) is 0.562. The quantitative estimate of drug-likeness (QED) is 0.798. The van der Waals surface area contributed by atoms with Gasteiger partial charge in [0.05, 0.1) is 25.1 Å². The molecule has 24 heavy (non-hydrogen) atoms. The van der Waals surface area contributed by atoms with Crippen molar-refractivity contribution < 1.29 is 13.2 Å². The number of hydrogen-bond donors (Lipinski definition) is 0. The highest BCUT2D eigenvalue weighted by atomic mass is 32.2. The molecule has 0 spiro atoms. The Labute approximate surface area is 143 Å². The summed E-state index contributed by atoms with van der Waals surface area (Å²) in [4.78, 5) is 9.14. The molecular weight excluding hydrogens is 328 g/mol. The highest BCUT2D eigenvalue weighted by Gasteiger charge is 2.34. The van der Waals surface area contributed by atoms with Gasteiger partial charge in [0.2, 0.25) is 5.96 Å². The maximum atomic E-state index is 13.0. The third-order valence-electron chi connectivity index (χ3n) is 4.51. The molecule has 2 aliphatic rings. The lowest BCUT2D eigenvalue weighted by molar-refractivity contribution is 0.184. The molecule has 132 valence electrons. The Hall–Kier alpha value is -1.80. The molecule has 0 saturated carbocycles. The van der Waals surface area contributed by atoms with Crippen molar-refractivity contribution in [3.8, 4) is 5.75 Å². The third kappa shape index (κ3) is 3.21. The first kappa shape index (κ1) is 17.0. The zero-order chi connectivity index (χ0) is 17.2. The number of aliphatic imine (C=N–C) groups is 1. The molecule has 1 aromatic rings. The van der Waals surface area contributed by atoms with Gasteiger partial charge in [0.25, 0.3) is 10.0 Å². The van der Waals surface area contributed by atoms with Crippen LogP contribution in [0.4, 0.5) is 0 Å². The molecule has 0 bridgehead atoms. The molecule has 0 unspecified atom stereocenters. The fourth-order valence-electron chi connectivity index (χ4n) is 3.06. The Balaban J connectivity index is 1.81. The van der Waals surface area contributed by atoms with Crippen LogP contribution in [0, 0.1) is 0 Å². The van der Waals surface area contributed by atoms with Gasteiger partial charge in [-0.3, -0.25) is 4.99 Å². The molecule has 8 heteroatoms. The van der Waals surface area contributed by atoms with Gasteiger partial charge in [-0.15, -0.1) is 0 Å². The number of rotatable bonds is 4. The SMILES string of the molecule is CCN1CCN(C2=NCCN2S(=O)(=O)c2cccc(OC)c2)CC1. The second kappa shape index (κ2) is 6.98. The van der Waals surface area contributed by atoms with E-state index in [1.165, 1.54) is 11.4 Å². The van der Waals surface area contributed by atoms with Crippen LogP contribution >= 0.6 is 0 Å². The summed E-state index contributed by atoms with van der Waals surface area (Å²) in [6, 6.07) is 6.59. The molecule has 0 radical (unpaired) electrons. The minimum absolute atomic E-state index is 0.239. The molecule has 7 nitrogen and oxygen atoms in total. The molecule has 2 aliphatic heterocycles. The average Bonchev–Trinajstić information content (AvgIpc) is 3.12. The van der Waals surface area contributed by atoms with E-state index in [1.807, 2.05) is 0 Å². The Morgan fingerprint density at radius 1 is 1.17 bits per heavy atom. The molecule has 1 fully saturated rings. The van der Waals surface area contributed by atoms with Crippen molar-refractivity contribution in [1.29, 1.82) is 0 Å². The summed E-state index contributed by atoms with van der Waals surface area (Å²) >= 11 is 0. The van der Waals surface area contributed by atoms with E-state index >= 15 is 0 Å². The maximum Gasteiger partial charge on any atom is 0.266 e. The number of nitrogens with zero attached hydrogens (tertiary/aromatic N) is 4. The molecule has 1 aromatic carbocycles. The Bertz CT molecular complexity index is 712. The van der Waals surface area contributed by atoms with Gasteiger partial charge in [-0.2, -0.15) is 0 Å². The van der Waals surface area contributed by atoms with Gasteiger partial charge in [-0.25, -0.2) is 12.7 Å². The van der Waals surface area contributed by atoms with Crippen LogP contribution in [-0.4, -0.2) is 81.4 Å². The van der Waals surface area contributed by atoms with Crippen molar-refractivity contribution in [1.82, 2.24) is 14.1 Å². The van der Waals surface area contributed by atoms with E-state index in [4.69, 9.17) is 4.74 Å². The number of hydrogen-bond acceptors (Lipinski definition) is 6. The van der Waals surface area contributed by atoms with Gasteiger partial charge in [0.15, 0.2) is 0 Å². The third-order valence-corrected chi connectivity index (χ3v) is 6.29. The van der Waals surface area contributed by atoms with E-state index in [-0.39, 0.29) is 4.90 Å². The highest BCUT2D eigenvalue weighted by Crippen LogP contribution is 2.24. The van der Waals surface area contributed by atoms with Gasteiger partial charge >= 0.3 is 0 Å². The lowest BCUT2D eigenvalue weighted by Crippen LogP contribution is -2.53. The summed E-state index contributed by atoms with van der Waals surface area (Å²) in [6.45, 7) is 7.53. The molecule has 1 saturated heterocycles. The van der Waals surface area contributed by atoms with E-state index in [0.717, 1.165) is 32.7 Å². The first-order valence-electron chi connectivity index (χ1n) is 8.25. The number of likely N-dealkylation sites (N-methyl/N-ethyl adjacent to an activating group) is 1. The summed E-state index contributed by atoms with van der Waals surface area (Å²) in [5.74, 6) is 1.11. The first-order valence-corrected chi connectivity index (χ1v) is 9.69. The van der Waals surface area contributed by atoms with Gasteiger partial charge in [0.1, 0.15) is 5.75 Å². The largest absolute Gasteiger partial charge is 0.497 e. The van der Waals surface area contributed by atoms with Gasteiger partial charge in [-0.1, -0.05) is 13.0 Å². The number of benzene rings is 1. The molecule has 0 atom stereocenters. The number of sulfonamides is 1. The van der Waals surface area contributed by atoms with E-state index in [2.05, 4.69) is 21.7 Å². The summed E-state index contributed by atoms with van der Waals surface area (Å²) < 4.78 is 32.6. The first-order chi connectivity index (χ1) is 11.6. The molecule has 0 amide bonds. The van der Waals surface area contributed by atoms with Crippen LogP contribution in [0.25, 0.3) is 0 Å². The van der Waals surface area contributed by atoms with Gasteiger partial charge < -0.3 is 14.5 Å². The standard InChI is InChI=1S/C16H24N4O3S/c1-3-18-9-11-19(12-10-18)16-17-7-8-20(16)24(21,22)15-6-4-5-14(13-15)23-2/h4-6,13H,3,7-12H2,1-2H3. The fourth-order valence-corrected chi connectivity index (χ4v) is 4.54. The molecule has 0 aliphatic carbocycles. The number of guanidine groups is 1. The number of ether oxygens (including phenoxy) is 1. The van der Waals surface area contributed by atoms with Crippen LogP contribution in [0.5, 0.6) is 5.75 Å². The molecular formula is C16H24N4O3S. The van der Waals surface area contributed by atoms with E-state index in [1.54, 1.807) is 24.3 Å². The lowest BCUT2D eigenvalue weighted by Gasteiger charge is -2.37. The minimum atomic E-state index is -3.62. The highest BCUT2D eigenvalue weighted by molar-refractivity contribution is 7.89. The van der Waals surface area contributed by atoms with Gasteiger partial charge in [-0.05, 0) is 18.7 Å². The predicted molar refractivity (Wildman–Crippen MR) is 92.9 cm³/mol. The second-order valence-electron chi connectivity index (χ2n) is 5.86. The zero-order valence-corrected chi connectivity index (χ0v) is 15.0. The Kier molecular flexibility index (Phi) is 4.96. The monoisotopic (exact) mass is 352 g/mol. The van der Waals surface area contributed by atoms with E-state index in [0.29, 0.717) is 24.8 Å². The van der Waals surface area contributed by atoms with Crippen LogP contribution in [0.3, 0.4) is 0 Å². The van der Waals surface area contributed by atoms with Crippen molar-refractivity contribution in [2.24, 2.45) is 4.99 Å². The van der Waals surface area contributed by atoms with Gasteiger partial charge in [0, 0.05) is 32.2 Å². The van der Waals surface area contributed by atoms with Crippen molar-refractivity contribution >= 4 is 16.0 Å². The topological polar surface area (TPSA) is 65.5 Å². The van der Waals surface area contributed by atoms with Crippen LogP contribution in [0.2, 0.25) is 0 Å². The van der Waals surface area contributed by atoms with Crippen molar-refractivity contribution in [3.63, 3.8) is 0 Å². The van der Waals surface area contributed by atoms with Crippen LogP contribution in [0.1, 0.15) is 6.92 Å². The molecule has 0 aromatic heterocycles. The van der Waals surface area contributed by atoms with E-state index < -0.39 is 10.0 Å². The zero-order valence-electron chi connectivity index (χ0n) is 14.2. The Morgan fingerprint density at radius 2 is 1.92 bits per heavy atom. The minimum Gasteiger partial charge on any atom is -0.497 e. The van der Waals surface area contributed by atoms with Crippen molar-refractivity contribution in [3.05, 3.63) is 24.3 Å². The van der Waals surface area contributed by atoms with Crippen LogP contribution < -0.4 is 4.74 Å². The van der Waals surface area contributed by atoms with E-state index in [9.17, 15) is 8.42 Å². The molecule has 3 rings (SSSR count). The summed E-state index contributed by atoms with van der Waals surface area (Å²) in [5, 5.41) is 0. The average molecular weight is 352 g/mol. The second-order valence-corrected chi connectivity index (χ2v) is 7.72. The predicted octanol–water partition coefficient (Wildman–Crippen LogP) is 0.693. The molecule has 2 heterocycles. The number of piperazine rings is 1. The smallest absolute Gasteiger partial charge is 0.266 e. The summed E-state index contributed by atoms with van der Waals surface area (Å²) in [5.41, 5.74) is 0. The summed E-state index contributed by atoms with van der Waals surface area (Å²) in [7, 11) is -2.09. The Morgan fingerprint density at radius 3 is 2.58 bits per heavy atom. The lowest BCUT2D eigenvalue weighted by atomic mass is 10.3. The maximum absolute atomic E-state index is 13.0. The van der Waals surface area contributed by atoms with Crippen LogP contribution in [0.15, 0.2) is 34.2 Å². The van der Waals surface area contributed by atoms with Crippen molar-refractivity contribution in [2.75, 3.05) is 52.9 Å². The number of methoxy groups -OCH3 is 1. The van der Waals surface area contributed by atoms with Crippen molar-refractivity contribution in [2.45, 2.75) is 11.8 Å². The molecule has 0 N–H and O–H groups in total.